The number of hydrogen-bond acceptors (Lipinski definition) is 6. The van der Waals surface area contributed by atoms with Gasteiger partial charge in [0.25, 0.3) is 11.8 Å². The second kappa shape index (κ2) is 11.4. The molecule has 0 spiro atoms. The molecule has 1 atom stereocenters. The Labute approximate surface area is 232 Å². The molecule has 3 N–H and O–H groups in total. The molecule has 0 unspecified atom stereocenters. The van der Waals surface area contributed by atoms with E-state index in [0.29, 0.717) is 46.4 Å². The van der Waals surface area contributed by atoms with Crippen molar-refractivity contribution < 1.29 is 19.1 Å². The Kier molecular flexibility index (Phi) is 7.54. The first-order valence-electron chi connectivity index (χ1n) is 13.0. The summed E-state index contributed by atoms with van der Waals surface area (Å²) in [7, 11) is 1.59. The van der Waals surface area contributed by atoms with E-state index >= 15 is 0 Å². The van der Waals surface area contributed by atoms with Crippen LogP contribution in [0.15, 0.2) is 90.3 Å². The summed E-state index contributed by atoms with van der Waals surface area (Å²) in [5.74, 6) is 1.33. The molecule has 4 aromatic rings. The molecule has 2 amide bonds. The van der Waals surface area contributed by atoms with Crippen LogP contribution in [-0.4, -0.2) is 35.3 Å². The highest BCUT2D eigenvalue weighted by molar-refractivity contribution is 6.09. The number of nitrogens with one attached hydrogen (secondary N) is 3. The molecule has 0 bridgehead atoms. The van der Waals surface area contributed by atoms with Crippen molar-refractivity contribution >= 4 is 29.0 Å². The highest BCUT2D eigenvalue weighted by atomic mass is 16.5. The van der Waals surface area contributed by atoms with E-state index < -0.39 is 6.04 Å². The van der Waals surface area contributed by atoms with Crippen molar-refractivity contribution in [3.05, 3.63) is 107 Å². The average molecular weight is 538 g/mol. The summed E-state index contributed by atoms with van der Waals surface area (Å²) in [4.78, 5) is 27.0. The lowest BCUT2D eigenvalue weighted by atomic mass is 9.94. The molecular formula is C31H31N5O4. The summed E-state index contributed by atoms with van der Waals surface area (Å²) < 4.78 is 12.5. The van der Waals surface area contributed by atoms with Gasteiger partial charge in [-0.15, -0.1) is 0 Å². The Morgan fingerprint density at radius 1 is 0.875 bits per heavy atom. The Morgan fingerprint density at radius 3 is 2.10 bits per heavy atom. The molecule has 3 aromatic carbocycles. The Morgan fingerprint density at radius 2 is 1.48 bits per heavy atom. The van der Waals surface area contributed by atoms with Crippen LogP contribution in [0, 0.1) is 6.92 Å². The summed E-state index contributed by atoms with van der Waals surface area (Å²) in [6.45, 7) is 6.28. The number of amides is 2. The van der Waals surface area contributed by atoms with Crippen LogP contribution in [0.4, 0.5) is 17.2 Å². The number of rotatable bonds is 8. The summed E-state index contributed by atoms with van der Waals surface area (Å²) in [6.07, 6.45) is 1.52. The zero-order valence-corrected chi connectivity index (χ0v) is 22.8. The number of nitrogens with zero attached hydrogens (tertiary/aromatic N) is 2. The van der Waals surface area contributed by atoms with E-state index in [1.54, 1.807) is 36.1 Å². The third kappa shape index (κ3) is 5.40. The first kappa shape index (κ1) is 26.6. The zero-order chi connectivity index (χ0) is 28.2. The number of aromatic nitrogens is 2. The van der Waals surface area contributed by atoms with Crippen molar-refractivity contribution in [1.82, 2.24) is 9.78 Å². The Balaban J connectivity index is 1.51. The number of methoxy groups -OCH3 is 1. The van der Waals surface area contributed by atoms with Crippen LogP contribution in [0.2, 0.25) is 0 Å². The molecule has 0 fully saturated rings. The van der Waals surface area contributed by atoms with Gasteiger partial charge in [-0.3, -0.25) is 9.59 Å². The smallest absolute Gasteiger partial charge is 0.261 e. The molecule has 9 heteroatoms. The van der Waals surface area contributed by atoms with Crippen molar-refractivity contribution in [1.29, 1.82) is 0 Å². The molecule has 9 nitrogen and oxygen atoms in total. The minimum Gasteiger partial charge on any atom is -0.497 e. The van der Waals surface area contributed by atoms with Gasteiger partial charge < -0.3 is 25.4 Å². The number of benzene rings is 3. The first-order chi connectivity index (χ1) is 19.4. The molecule has 0 radical (unpaired) electrons. The third-order valence-electron chi connectivity index (χ3n) is 6.68. The molecule has 1 aliphatic heterocycles. The van der Waals surface area contributed by atoms with E-state index in [1.165, 1.54) is 6.20 Å². The van der Waals surface area contributed by atoms with E-state index in [0.717, 1.165) is 16.9 Å². The Bertz CT molecular complexity index is 1560. The normalized spacial score (nSPS) is 14.2. The van der Waals surface area contributed by atoms with Crippen LogP contribution in [0.1, 0.15) is 41.4 Å². The number of allylic oxidation sites excluding steroid dienone is 1. The van der Waals surface area contributed by atoms with Gasteiger partial charge >= 0.3 is 0 Å². The van der Waals surface area contributed by atoms with Crippen molar-refractivity contribution in [2.24, 2.45) is 0 Å². The number of carbonyl (C=O) groups excluding carboxylic acids is 2. The molecule has 204 valence electrons. The van der Waals surface area contributed by atoms with Gasteiger partial charge in [-0.2, -0.15) is 5.10 Å². The van der Waals surface area contributed by atoms with Crippen LogP contribution >= 0.6 is 0 Å². The Hall–Kier alpha value is -5.05. The SMILES string of the molecule is CCOc1ccc([C@@H]2C(C(=O)Nc3ccc(OC)cc3)=C(C)Nc3c(C(=O)Nc4ccc(C)cc4)cnn32)cc1. The minimum absolute atomic E-state index is 0.291. The van der Waals surface area contributed by atoms with E-state index in [2.05, 4.69) is 21.0 Å². The first-order valence-corrected chi connectivity index (χ1v) is 13.0. The summed E-state index contributed by atoms with van der Waals surface area (Å²) in [5.41, 5.74) is 4.68. The highest BCUT2D eigenvalue weighted by Gasteiger charge is 2.35. The van der Waals surface area contributed by atoms with Crippen molar-refractivity contribution in [2.45, 2.75) is 26.8 Å². The van der Waals surface area contributed by atoms with Crippen LogP contribution in [0.5, 0.6) is 11.5 Å². The summed E-state index contributed by atoms with van der Waals surface area (Å²) in [6, 6.07) is 21.7. The number of aryl methyl sites for hydroxylation is 1. The van der Waals surface area contributed by atoms with E-state index in [-0.39, 0.29) is 11.8 Å². The monoisotopic (exact) mass is 537 g/mol. The summed E-state index contributed by atoms with van der Waals surface area (Å²) >= 11 is 0. The van der Waals surface area contributed by atoms with Crippen LogP contribution in [0.3, 0.4) is 0 Å². The molecule has 0 saturated heterocycles. The predicted octanol–water partition coefficient (Wildman–Crippen LogP) is 5.78. The second-order valence-electron chi connectivity index (χ2n) is 9.42. The fourth-order valence-electron chi connectivity index (χ4n) is 4.64. The van der Waals surface area contributed by atoms with Crippen molar-refractivity contribution in [2.75, 3.05) is 29.7 Å². The maximum atomic E-state index is 13.7. The van der Waals surface area contributed by atoms with Crippen LogP contribution in [0.25, 0.3) is 0 Å². The van der Waals surface area contributed by atoms with E-state index in [9.17, 15) is 9.59 Å². The van der Waals surface area contributed by atoms with Crippen molar-refractivity contribution in [3.8, 4) is 11.5 Å². The van der Waals surface area contributed by atoms with Gasteiger partial charge in [-0.05, 0) is 74.9 Å². The molecule has 2 heterocycles. The number of fused-ring (bicyclic) bond motifs is 1. The lowest BCUT2D eigenvalue weighted by Gasteiger charge is -2.30. The fraction of sp³-hybridized carbons (Fsp3) is 0.194. The number of anilines is 3. The van der Waals surface area contributed by atoms with Crippen LogP contribution < -0.4 is 25.4 Å². The number of hydrogen-bond donors (Lipinski definition) is 3. The topological polar surface area (TPSA) is 107 Å². The molecule has 1 aromatic heterocycles. The fourth-order valence-corrected chi connectivity index (χ4v) is 4.64. The summed E-state index contributed by atoms with van der Waals surface area (Å²) in [5, 5.41) is 13.8. The average Bonchev–Trinajstić information content (AvgIpc) is 3.38. The predicted molar refractivity (Wildman–Crippen MR) is 155 cm³/mol. The highest BCUT2D eigenvalue weighted by Crippen LogP contribution is 2.38. The maximum Gasteiger partial charge on any atom is 0.261 e. The van der Waals surface area contributed by atoms with Gasteiger partial charge in [0.15, 0.2) is 0 Å². The quantitative estimate of drug-likeness (QED) is 0.263. The molecular weight excluding hydrogens is 506 g/mol. The van der Waals surface area contributed by atoms with Gasteiger partial charge in [0.2, 0.25) is 0 Å². The van der Waals surface area contributed by atoms with Gasteiger partial charge in [0.1, 0.15) is 28.9 Å². The lowest BCUT2D eigenvalue weighted by molar-refractivity contribution is -0.113. The van der Waals surface area contributed by atoms with Gasteiger partial charge in [0.05, 0.1) is 25.5 Å². The maximum absolute atomic E-state index is 13.7. The van der Waals surface area contributed by atoms with Crippen molar-refractivity contribution in [3.63, 3.8) is 0 Å². The second-order valence-corrected chi connectivity index (χ2v) is 9.42. The standard InChI is InChI=1S/C31H31N5O4/c1-5-40-25-14-8-21(9-15-25)28-27(31(38)35-23-12-16-24(39-4)17-13-23)20(3)33-29-26(18-32-36(28)29)30(37)34-22-10-6-19(2)7-11-22/h6-18,28,33H,5H2,1-4H3,(H,34,37)(H,35,38)/t28-/m1/s1. The molecule has 0 saturated carbocycles. The van der Waals surface area contributed by atoms with Gasteiger partial charge in [-0.25, -0.2) is 4.68 Å². The van der Waals surface area contributed by atoms with Gasteiger partial charge in [-0.1, -0.05) is 29.8 Å². The van der Waals surface area contributed by atoms with Crippen LogP contribution in [-0.2, 0) is 4.79 Å². The minimum atomic E-state index is -0.592. The molecule has 0 aliphatic carbocycles. The third-order valence-corrected chi connectivity index (χ3v) is 6.68. The number of carbonyl (C=O) groups is 2. The zero-order valence-electron chi connectivity index (χ0n) is 22.8. The lowest BCUT2D eigenvalue weighted by Crippen LogP contribution is -2.32. The van der Waals surface area contributed by atoms with E-state index in [4.69, 9.17) is 9.47 Å². The number of ether oxygens (including phenoxy) is 2. The largest absolute Gasteiger partial charge is 0.497 e. The molecule has 1 aliphatic rings. The molecule has 40 heavy (non-hydrogen) atoms. The molecule has 5 rings (SSSR count). The van der Waals surface area contributed by atoms with E-state index in [1.807, 2.05) is 69.3 Å². The van der Waals surface area contributed by atoms with Gasteiger partial charge in [0, 0.05) is 17.1 Å².